The number of nitrogens with one attached hydrogen (secondary N) is 2. The molecular weight excluding hydrogens is 343 g/mol. The molecule has 27 heavy (non-hydrogen) atoms. The summed E-state index contributed by atoms with van der Waals surface area (Å²) in [4.78, 5) is 16.8. The van der Waals surface area contributed by atoms with Crippen LogP contribution < -0.4 is 10.6 Å². The van der Waals surface area contributed by atoms with Gasteiger partial charge < -0.3 is 15.2 Å². The van der Waals surface area contributed by atoms with Gasteiger partial charge >= 0.3 is 0 Å². The average molecular weight is 366 g/mol. The highest BCUT2D eigenvalue weighted by Gasteiger charge is 2.22. The quantitative estimate of drug-likeness (QED) is 0.701. The lowest BCUT2D eigenvalue weighted by Gasteiger charge is -2.12. The predicted octanol–water partition coefficient (Wildman–Crippen LogP) is 4.45. The Morgan fingerprint density at radius 3 is 2.85 bits per heavy atom. The van der Waals surface area contributed by atoms with Crippen molar-refractivity contribution in [3.63, 3.8) is 0 Å². The maximum atomic E-state index is 13.4. The summed E-state index contributed by atoms with van der Waals surface area (Å²) in [5, 5.41) is 6.32. The van der Waals surface area contributed by atoms with Crippen molar-refractivity contribution in [2.75, 3.05) is 10.6 Å². The molecule has 0 aliphatic heterocycles. The summed E-state index contributed by atoms with van der Waals surface area (Å²) in [6, 6.07) is 12.4. The van der Waals surface area contributed by atoms with E-state index >= 15 is 0 Å². The van der Waals surface area contributed by atoms with Crippen LogP contribution in [0.25, 0.3) is 11.0 Å². The lowest BCUT2D eigenvalue weighted by molar-refractivity contribution is -0.119. The van der Waals surface area contributed by atoms with E-state index in [1.54, 1.807) is 6.07 Å². The number of aryl methyl sites for hydroxylation is 1. The third-order valence-electron chi connectivity index (χ3n) is 5.21. The molecule has 1 saturated carbocycles. The van der Waals surface area contributed by atoms with Gasteiger partial charge in [0, 0.05) is 25.2 Å². The number of carbonyl (C=O) groups excluding carboxylic acids is 1. The van der Waals surface area contributed by atoms with Crippen molar-refractivity contribution in [1.82, 2.24) is 9.55 Å². The van der Waals surface area contributed by atoms with Gasteiger partial charge in [0.05, 0.1) is 11.0 Å². The normalized spacial score (nSPS) is 14.6. The van der Waals surface area contributed by atoms with E-state index in [-0.39, 0.29) is 17.6 Å². The first kappa shape index (κ1) is 17.5. The highest BCUT2D eigenvalue weighted by atomic mass is 19.1. The Balaban J connectivity index is 1.44. The van der Waals surface area contributed by atoms with Gasteiger partial charge in [0.2, 0.25) is 11.9 Å². The second kappa shape index (κ2) is 7.39. The molecule has 0 radical (unpaired) electrons. The number of fused-ring (bicyclic) bond motifs is 1. The summed E-state index contributed by atoms with van der Waals surface area (Å²) < 4.78 is 15.3. The maximum absolute atomic E-state index is 13.4. The van der Waals surface area contributed by atoms with Gasteiger partial charge in [-0.3, -0.25) is 4.79 Å². The van der Waals surface area contributed by atoms with E-state index in [4.69, 9.17) is 0 Å². The van der Waals surface area contributed by atoms with Gasteiger partial charge in [-0.05, 0) is 48.7 Å². The van der Waals surface area contributed by atoms with E-state index in [1.165, 1.54) is 12.1 Å². The van der Waals surface area contributed by atoms with Crippen molar-refractivity contribution in [3.05, 3.63) is 53.8 Å². The van der Waals surface area contributed by atoms with Crippen LogP contribution in [0.2, 0.25) is 0 Å². The second-order valence-electron chi connectivity index (χ2n) is 7.15. The Labute approximate surface area is 157 Å². The molecule has 2 N–H and O–H groups in total. The van der Waals surface area contributed by atoms with Crippen LogP contribution in [0.3, 0.4) is 0 Å². The molecule has 1 fully saturated rings. The summed E-state index contributed by atoms with van der Waals surface area (Å²) >= 11 is 0. The van der Waals surface area contributed by atoms with Crippen LogP contribution in [-0.2, 0) is 18.4 Å². The van der Waals surface area contributed by atoms with E-state index in [9.17, 15) is 9.18 Å². The zero-order chi connectivity index (χ0) is 18.8. The number of halogens is 1. The van der Waals surface area contributed by atoms with E-state index < -0.39 is 0 Å². The first-order chi connectivity index (χ1) is 13.1. The highest BCUT2D eigenvalue weighted by Crippen LogP contribution is 2.26. The SMILES string of the molecule is Cn1c(NCc2cccc(NC(=O)C3CCCC3)c2)nc2ccc(F)cc21. The molecule has 0 saturated heterocycles. The molecule has 6 heteroatoms. The largest absolute Gasteiger partial charge is 0.352 e. The lowest BCUT2D eigenvalue weighted by Crippen LogP contribution is -2.20. The van der Waals surface area contributed by atoms with Crippen LogP contribution in [0.4, 0.5) is 16.0 Å². The van der Waals surface area contributed by atoms with Crippen LogP contribution in [0, 0.1) is 11.7 Å². The first-order valence-corrected chi connectivity index (χ1v) is 9.36. The predicted molar refractivity (Wildman–Crippen MR) is 105 cm³/mol. The van der Waals surface area contributed by atoms with E-state index in [2.05, 4.69) is 15.6 Å². The van der Waals surface area contributed by atoms with E-state index in [0.29, 0.717) is 12.5 Å². The molecule has 1 heterocycles. The first-order valence-electron chi connectivity index (χ1n) is 9.36. The number of aromatic nitrogens is 2. The second-order valence-corrected chi connectivity index (χ2v) is 7.15. The molecule has 0 bridgehead atoms. The van der Waals surface area contributed by atoms with Crippen LogP contribution >= 0.6 is 0 Å². The number of nitrogens with zero attached hydrogens (tertiary/aromatic N) is 2. The maximum Gasteiger partial charge on any atom is 0.227 e. The molecule has 2 aromatic carbocycles. The van der Waals surface area contributed by atoms with Crippen molar-refractivity contribution < 1.29 is 9.18 Å². The average Bonchev–Trinajstić information content (AvgIpc) is 3.30. The number of hydrogen-bond acceptors (Lipinski definition) is 3. The molecule has 0 unspecified atom stereocenters. The molecule has 5 nitrogen and oxygen atoms in total. The van der Waals surface area contributed by atoms with Crippen LogP contribution in [-0.4, -0.2) is 15.5 Å². The summed E-state index contributed by atoms with van der Waals surface area (Å²) in [5.41, 5.74) is 3.35. The molecule has 1 aliphatic rings. The Kier molecular flexibility index (Phi) is 4.79. The molecule has 3 aromatic rings. The minimum absolute atomic E-state index is 0.120. The fraction of sp³-hybridized carbons (Fsp3) is 0.333. The smallest absolute Gasteiger partial charge is 0.227 e. The fourth-order valence-corrected chi connectivity index (χ4v) is 3.69. The summed E-state index contributed by atoms with van der Waals surface area (Å²) in [5.74, 6) is 0.668. The molecule has 4 rings (SSSR count). The highest BCUT2D eigenvalue weighted by molar-refractivity contribution is 5.92. The molecule has 1 aromatic heterocycles. The zero-order valence-corrected chi connectivity index (χ0v) is 15.3. The van der Waals surface area contributed by atoms with E-state index in [1.807, 2.05) is 35.9 Å². The van der Waals surface area contributed by atoms with Crippen LogP contribution in [0.15, 0.2) is 42.5 Å². The standard InChI is InChI=1S/C21H23FN4O/c1-26-19-12-16(22)9-10-18(19)25-21(26)23-13-14-5-4-8-17(11-14)24-20(27)15-6-2-3-7-15/h4-5,8-12,15H,2-3,6-7,13H2,1H3,(H,23,25)(H,24,27). The van der Waals surface area contributed by atoms with Crippen LogP contribution in [0.1, 0.15) is 31.2 Å². The van der Waals surface area contributed by atoms with Gasteiger partial charge in [0.1, 0.15) is 5.82 Å². The van der Waals surface area contributed by atoms with Gasteiger partial charge in [-0.2, -0.15) is 0 Å². The minimum Gasteiger partial charge on any atom is -0.352 e. The van der Waals surface area contributed by atoms with Gasteiger partial charge in [0.15, 0.2) is 0 Å². The number of imidazole rings is 1. The number of hydrogen-bond donors (Lipinski definition) is 2. The summed E-state index contributed by atoms with van der Waals surface area (Å²) in [6.45, 7) is 0.562. The Morgan fingerprint density at radius 2 is 2.04 bits per heavy atom. The van der Waals surface area contributed by atoms with Crippen molar-refractivity contribution in [2.45, 2.75) is 32.2 Å². The van der Waals surface area contributed by atoms with Crippen molar-refractivity contribution >= 4 is 28.6 Å². The van der Waals surface area contributed by atoms with E-state index in [0.717, 1.165) is 48.0 Å². The monoisotopic (exact) mass is 366 g/mol. The third-order valence-corrected chi connectivity index (χ3v) is 5.21. The Morgan fingerprint density at radius 1 is 1.22 bits per heavy atom. The van der Waals surface area contributed by atoms with Gasteiger partial charge in [-0.1, -0.05) is 25.0 Å². The van der Waals surface area contributed by atoms with Gasteiger partial charge in [-0.25, -0.2) is 9.37 Å². The fourth-order valence-electron chi connectivity index (χ4n) is 3.69. The molecule has 1 amide bonds. The Hall–Kier alpha value is -2.89. The van der Waals surface area contributed by atoms with Crippen molar-refractivity contribution in [2.24, 2.45) is 13.0 Å². The third kappa shape index (κ3) is 3.79. The number of benzene rings is 2. The molecule has 1 aliphatic carbocycles. The molecular formula is C21H23FN4O. The Bertz CT molecular complexity index is 975. The number of carbonyl (C=O) groups is 1. The molecule has 140 valence electrons. The molecule has 0 spiro atoms. The van der Waals surface area contributed by atoms with Crippen molar-refractivity contribution in [1.29, 1.82) is 0 Å². The lowest BCUT2D eigenvalue weighted by atomic mass is 10.1. The summed E-state index contributed by atoms with van der Waals surface area (Å²) in [7, 11) is 1.86. The number of anilines is 2. The molecule has 0 atom stereocenters. The zero-order valence-electron chi connectivity index (χ0n) is 15.3. The van der Waals surface area contributed by atoms with Crippen LogP contribution in [0.5, 0.6) is 0 Å². The number of rotatable bonds is 5. The topological polar surface area (TPSA) is 59.0 Å². The van der Waals surface area contributed by atoms with Crippen molar-refractivity contribution in [3.8, 4) is 0 Å². The number of amides is 1. The summed E-state index contributed by atoms with van der Waals surface area (Å²) in [6.07, 6.45) is 4.26. The van der Waals surface area contributed by atoms with Gasteiger partial charge in [-0.15, -0.1) is 0 Å². The minimum atomic E-state index is -0.275. The van der Waals surface area contributed by atoms with Gasteiger partial charge in [0.25, 0.3) is 0 Å².